The van der Waals surface area contributed by atoms with Gasteiger partial charge in [-0.05, 0) is 39.0 Å². The summed E-state index contributed by atoms with van der Waals surface area (Å²) in [6, 6.07) is 0.379. The van der Waals surface area contributed by atoms with E-state index in [9.17, 15) is 0 Å². The largest absolute Gasteiger partial charge is 0.328 e. The van der Waals surface area contributed by atoms with E-state index >= 15 is 0 Å². The first kappa shape index (κ1) is 7.80. The molecule has 0 aromatic heterocycles. The molecule has 0 unspecified atom stereocenters. The van der Waals surface area contributed by atoms with Crippen molar-refractivity contribution in [2.24, 2.45) is 11.7 Å². The van der Waals surface area contributed by atoms with Gasteiger partial charge in [-0.15, -0.1) is 0 Å². The lowest BCUT2D eigenvalue weighted by molar-refractivity contribution is 0.402. The van der Waals surface area contributed by atoms with E-state index in [4.69, 9.17) is 5.73 Å². The molecule has 0 fully saturated rings. The molecule has 0 saturated heterocycles. The predicted molar refractivity (Wildman–Crippen MR) is 44.7 cm³/mol. The summed E-state index contributed by atoms with van der Waals surface area (Å²) >= 11 is 0. The van der Waals surface area contributed by atoms with Gasteiger partial charge in [0, 0.05) is 6.04 Å². The molecule has 58 valence electrons. The Bertz CT molecular complexity index is 136. The molecule has 1 rings (SSSR count). The lowest BCUT2D eigenvalue weighted by Crippen LogP contribution is -2.27. The van der Waals surface area contributed by atoms with E-state index in [1.54, 1.807) is 0 Å². The fourth-order valence-electron chi connectivity index (χ4n) is 1.46. The van der Waals surface area contributed by atoms with E-state index in [0.29, 0.717) is 6.04 Å². The van der Waals surface area contributed by atoms with E-state index in [1.165, 1.54) is 24.8 Å². The predicted octanol–water partition coefficient (Wildman–Crippen LogP) is 2.08. The average Bonchev–Trinajstić information content (AvgIpc) is 1.88. The Morgan fingerprint density at radius 2 is 2.40 bits per heavy atom. The van der Waals surface area contributed by atoms with Crippen molar-refractivity contribution in [1.29, 1.82) is 0 Å². The minimum absolute atomic E-state index is 0.379. The van der Waals surface area contributed by atoms with Crippen LogP contribution in [0.1, 0.15) is 33.1 Å². The van der Waals surface area contributed by atoms with Crippen molar-refractivity contribution in [2.45, 2.75) is 39.2 Å². The third-order valence-corrected chi connectivity index (χ3v) is 2.42. The van der Waals surface area contributed by atoms with Gasteiger partial charge in [0.25, 0.3) is 0 Å². The quantitative estimate of drug-likeness (QED) is 0.553. The van der Waals surface area contributed by atoms with Crippen molar-refractivity contribution in [3.05, 3.63) is 11.6 Å². The van der Waals surface area contributed by atoms with Crippen LogP contribution in [0.4, 0.5) is 0 Å². The van der Waals surface area contributed by atoms with Gasteiger partial charge in [-0.2, -0.15) is 0 Å². The molecule has 0 aromatic carbocycles. The van der Waals surface area contributed by atoms with Crippen molar-refractivity contribution >= 4 is 0 Å². The molecule has 1 aliphatic carbocycles. The number of rotatable bonds is 1. The van der Waals surface area contributed by atoms with Crippen LogP contribution in [0.15, 0.2) is 11.6 Å². The highest BCUT2D eigenvalue weighted by molar-refractivity contribution is 5.03. The van der Waals surface area contributed by atoms with Crippen LogP contribution in [0.5, 0.6) is 0 Å². The first-order valence-corrected chi connectivity index (χ1v) is 4.11. The van der Waals surface area contributed by atoms with Gasteiger partial charge in [0.05, 0.1) is 0 Å². The molecule has 0 heterocycles. The zero-order chi connectivity index (χ0) is 7.56. The van der Waals surface area contributed by atoms with E-state index in [1.807, 2.05) is 0 Å². The second kappa shape index (κ2) is 3.20. The number of hydrogen-bond donors (Lipinski definition) is 1. The van der Waals surface area contributed by atoms with Crippen molar-refractivity contribution in [1.82, 2.24) is 0 Å². The van der Waals surface area contributed by atoms with Crippen molar-refractivity contribution in [3.63, 3.8) is 0 Å². The minimum Gasteiger partial charge on any atom is -0.328 e. The molecule has 2 atom stereocenters. The summed E-state index contributed by atoms with van der Waals surface area (Å²) in [4.78, 5) is 0. The van der Waals surface area contributed by atoms with Crippen LogP contribution in [0.3, 0.4) is 0 Å². The minimum atomic E-state index is 0.379. The van der Waals surface area contributed by atoms with Gasteiger partial charge in [-0.3, -0.25) is 0 Å². The van der Waals surface area contributed by atoms with Crippen LogP contribution < -0.4 is 5.73 Å². The highest BCUT2D eigenvalue weighted by atomic mass is 14.6. The average molecular weight is 139 g/mol. The lowest BCUT2D eigenvalue weighted by atomic mass is 9.86. The Labute approximate surface area is 63.3 Å². The molecular formula is C9H17N. The summed E-state index contributed by atoms with van der Waals surface area (Å²) in [5, 5.41) is 0. The zero-order valence-corrected chi connectivity index (χ0v) is 6.93. The first-order chi connectivity index (χ1) is 4.70. The van der Waals surface area contributed by atoms with Crippen molar-refractivity contribution in [3.8, 4) is 0 Å². The van der Waals surface area contributed by atoms with Crippen LogP contribution in [-0.4, -0.2) is 6.04 Å². The maximum atomic E-state index is 5.78. The van der Waals surface area contributed by atoms with Crippen LogP contribution in [0.2, 0.25) is 0 Å². The monoisotopic (exact) mass is 139 g/mol. The molecule has 0 amide bonds. The number of allylic oxidation sites excluding steroid dienone is 2. The molecule has 1 aliphatic rings. The Morgan fingerprint density at radius 3 is 2.80 bits per heavy atom. The number of hydrogen-bond acceptors (Lipinski definition) is 1. The molecule has 0 bridgehead atoms. The van der Waals surface area contributed by atoms with Gasteiger partial charge in [-0.25, -0.2) is 0 Å². The third-order valence-electron chi connectivity index (χ3n) is 2.42. The van der Waals surface area contributed by atoms with Gasteiger partial charge >= 0.3 is 0 Å². The first-order valence-electron chi connectivity index (χ1n) is 4.11. The molecule has 1 nitrogen and oxygen atoms in total. The summed E-state index contributed by atoms with van der Waals surface area (Å²) in [5.41, 5.74) is 7.32. The Morgan fingerprint density at radius 1 is 1.70 bits per heavy atom. The Balaban J connectivity index is 2.42. The highest BCUT2D eigenvalue weighted by Gasteiger charge is 2.15. The highest BCUT2D eigenvalue weighted by Crippen LogP contribution is 2.24. The maximum Gasteiger partial charge on any atom is 0.00418 e. The molecule has 0 spiro atoms. The van der Waals surface area contributed by atoms with Crippen LogP contribution in [0.25, 0.3) is 0 Å². The smallest absolute Gasteiger partial charge is 0.00418 e. The van der Waals surface area contributed by atoms with Crippen LogP contribution in [-0.2, 0) is 0 Å². The molecule has 10 heavy (non-hydrogen) atoms. The van der Waals surface area contributed by atoms with E-state index in [2.05, 4.69) is 19.9 Å². The standard InChI is InChI=1S/C9H17N/c1-7-3-5-9(6-4-7)8(2)10/h3,8-9H,4-6,10H2,1-2H3/t8-,9+/m1/s1. The fraction of sp³-hybridized carbons (Fsp3) is 0.778. The zero-order valence-electron chi connectivity index (χ0n) is 6.93. The SMILES string of the molecule is CC1=CC[C@H]([C@@H](C)N)CC1. The van der Waals surface area contributed by atoms with Crippen LogP contribution >= 0.6 is 0 Å². The molecule has 0 aliphatic heterocycles. The molecule has 0 radical (unpaired) electrons. The summed E-state index contributed by atoms with van der Waals surface area (Å²) < 4.78 is 0. The molecule has 0 saturated carbocycles. The van der Waals surface area contributed by atoms with Gasteiger partial charge in [0.1, 0.15) is 0 Å². The molecule has 0 aromatic rings. The van der Waals surface area contributed by atoms with Crippen molar-refractivity contribution < 1.29 is 0 Å². The normalized spacial score (nSPS) is 29.5. The molecular weight excluding hydrogens is 122 g/mol. The second-order valence-corrected chi connectivity index (χ2v) is 3.44. The topological polar surface area (TPSA) is 26.0 Å². The summed E-state index contributed by atoms with van der Waals surface area (Å²) in [6.07, 6.45) is 6.08. The Hall–Kier alpha value is -0.300. The van der Waals surface area contributed by atoms with Crippen LogP contribution in [0, 0.1) is 5.92 Å². The lowest BCUT2D eigenvalue weighted by Gasteiger charge is -2.23. The molecule has 2 N–H and O–H groups in total. The van der Waals surface area contributed by atoms with E-state index in [-0.39, 0.29) is 0 Å². The third kappa shape index (κ3) is 1.84. The fourth-order valence-corrected chi connectivity index (χ4v) is 1.46. The van der Waals surface area contributed by atoms with Gasteiger partial charge in [-0.1, -0.05) is 11.6 Å². The second-order valence-electron chi connectivity index (χ2n) is 3.44. The van der Waals surface area contributed by atoms with Gasteiger partial charge in [0.15, 0.2) is 0 Å². The summed E-state index contributed by atoms with van der Waals surface area (Å²) in [5.74, 6) is 0.740. The Kier molecular flexibility index (Phi) is 2.50. The number of nitrogens with two attached hydrogens (primary N) is 1. The van der Waals surface area contributed by atoms with E-state index in [0.717, 1.165) is 5.92 Å². The van der Waals surface area contributed by atoms with Crippen molar-refractivity contribution in [2.75, 3.05) is 0 Å². The van der Waals surface area contributed by atoms with Gasteiger partial charge in [0.2, 0.25) is 0 Å². The van der Waals surface area contributed by atoms with E-state index < -0.39 is 0 Å². The summed E-state index contributed by atoms with van der Waals surface area (Å²) in [7, 11) is 0. The summed E-state index contributed by atoms with van der Waals surface area (Å²) in [6.45, 7) is 4.32. The van der Waals surface area contributed by atoms with Gasteiger partial charge < -0.3 is 5.73 Å². The maximum absolute atomic E-state index is 5.78. The molecule has 1 heteroatoms.